The summed E-state index contributed by atoms with van der Waals surface area (Å²) in [5.74, 6) is -0.0183. The third-order valence-corrected chi connectivity index (χ3v) is 4.34. The van der Waals surface area contributed by atoms with E-state index in [0.717, 1.165) is 16.6 Å². The van der Waals surface area contributed by atoms with Crippen molar-refractivity contribution >= 4 is 43.1 Å². The van der Waals surface area contributed by atoms with Crippen LogP contribution in [0.15, 0.2) is 39.6 Å². The van der Waals surface area contributed by atoms with Crippen molar-refractivity contribution in [2.45, 2.75) is 6.92 Å². The van der Waals surface area contributed by atoms with E-state index in [2.05, 4.69) is 21.0 Å². The Kier molecular flexibility index (Phi) is 2.16. The van der Waals surface area contributed by atoms with Crippen molar-refractivity contribution in [2.24, 2.45) is 0 Å². The molecule has 0 fully saturated rings. The van der Waals surface area contributed by atoms with Gasteiger partial charge in [-0.25, -0.2) is 4.52 Å². The maximum atomic E-state index is 12.7. The molecule has 2 heterocycles. The zero-order valence-electron chi connectivity index (χ0n) is 10.5. The van der Waals surface area contributed by atoms with Gasteiger partial charge in [0.2, 0.25) is 5.43 Å². The summed E-state index contributed by atoms with van der Waals surface area (Å²) in [6.45, 7) is 1.91. The second kappa shape index (κ2) is 3.70. The van der Waals surface area contributed by atoms with Crippen LogP contribution in [0, 0.1) is 6.92 Å². The molecule has 1 N–H and O–H groups in total. The highest BCUT2D eigenvalue weighted by Crippen LogP contribution is 2.32. The van der Waals surface area contributed by atoms with Crippen molar-refractivity contribution < 1.29 is 5.11 Å². The lowest BCUT2D eigenvalue weighted by atomic mass is 10.1. The molecule has 0 spiro atoms. The molecule has 20 heavy (non-hydrogen) atoms. The maximum Gasteiger partial charge on any atom is 0.202 e. The second-order valence-corrected chi connectivity index (χ2v) is 5.67. The van der Waals surface area contributed by atoms with E-state index in [1.54, 1.807) is 16.6 Å². The average Bonchev–Trinajstić information content (AvgIpc) is 2.75. The van der Waals surface area contributed by atoms with E-state index in [0.29, 0.717) is 20.8 Å². The van der Waals surface area contributed by atoms with Crippen molar-refractivity contribution in [3.05, 3.63) is 50.7 Å². The van der Waals surface area contributed by atoms with Crippen LogP contribution in [0.1, 0.15) is 5.69 Å². The summed E-state index contributed by atoms with van der Waals surface area (Å²) in [7, 11) is 0. The summed E-state index contributed by atoms with van der Waals surface area (Å²) in [4.78, 5) is 12.7. The number of hydrogen-bond acceptors (Lipinski definition) is 3. The molecule has 0 amide bonds. The molecule has 0 aliphatic heterocycles. The van der Waals surface area contributed by atoms with Gasteiger partial charge in [0, 0.05) is 9.86 Å². The summed E-state index contributed by atoms with van der Waals surface area (Å²) in [5.41, 5.74) is 2.10. The third kappa shape index (κ3) is 1.25. The fourth-order valence-electron chi connectivity index (χ4n) is 2.79. The summed E-state index contributed by atoms with van der Waals surface area (Å²) < 4.78 is 2.45. The van der Waals surface area contributed by atoms with Crippen LogP contribution in [0.4, 0.5) is 0 Å². The number of hydrogen-bond donors (Lipinski definition) is 1. The molecule has 0 saturated heterocycles. The molecule has 0 aliphatic rings. The first kappa shape index (κ1) is 11.7. The molecule has 0 saturated carbocycles. The first-order valence-electron chi connectivity index (χ1n) is 6.14. The SMILES string of the molecule is Cc1nn2c3cccc(O)c3c(=O)c3c(Br)ccc1c32. The maximum absolute atomic E-state index is 12.7. The monoisotopic (exact) mass is 328 g/mol. The van der Waals surface area contributed by atoms with Crippen LogP contribution in [-0.4, -0.2) is 14.7 Å². The number of aryl methyl sites for hydroxylation is 1. The molecule has 2 aromatic heterocycles. The predicted octanol–water partition coefficient (Wildman–Crippen LogP) is 3.22. The average molecular weight is 329 g/mol. The second-order valence-electron chi connectivity index (χ2n) is 4.82. The van der Waals surface area contributed by atoms with Gasteiger partial charge in [0.25, 0.3) is 0 Å². The molecule has 0 aliphatic carbocycles. The lowest BCUT2D eigenvalue weighted by Gasteiger charge is -2.06. The molecule has 0 atom stereocenters. The molecule has 0 radical (unpaired) electrons. The standard InChI is InChI=1S/C15H9BrN2O2/c1-7-8-5-6-9(16)12-14(8)18(17-7)10-3-2-4-11(19)13(10)15(12)20/h2-6,19H,1H3. The van der Waals surface area contributed by atoms with E-state index in [1.807, 2.05) is 19.1 Å². The van der Waals surface area contributed by atoms with Gasteiger partial charge in [-0.2, -0.15) is 5.10 Å². The Hall–Kier alpha value is -2.14. The summed E-state index contributed by atoms with van der Waals surface area (Å²) in [6, 6.07) is 8.82. The van der Waals surface area contributed by atoms with Crippen LogP contribution >= 0.6 is 15.9 Å². The van der Waals surface area contributed by atoms with Gasteiger partial charge in [-0.1, -0.05) is 6.07 Å². The molecular weight excluding hydrogens is 320 g/mol. The molecule has 0 bridgehead atoms. The minimum atomic E-state index is -0.178. The smallest absolute Gasteiger partial charge is 0.202 e. The van der Waals surface area contributed by atoms with Crippen LogP contribution < -0.4 is 5.43 Å². The number of phenols is 1. The molecule has 4 aromatic rings. The van der Waals surface area contributed by atoms with Gasteiger partial charge >= 0.3 is 0 Å². The van der Waals surface area contributed by atoms with Crippen LogP contribution in [0.3, 0.4) is 0 Å². The van der Waals surface area contributed by atoms with E-state index >= 15 is 0 Å². The quantitative estimate of drug-likeness (QED) is 0.504. The van der Waals surface area contributed by atoms with Gasteiger partial charge in [0.1, 0.15) is 5.75 Å². The summed E-state index contributed by atoms with van der Waals surface area (Å²) >= 11 is 3.43. The minimum Gasteiger partial charge on any atom is -0.507 e. The van der Waals surface area contributed by atoms with E-state index in [1.165, 1.54) is 6.07 Å². The molecule has 0 unspecified atom stereocenters. The van der Waals surface area contributed by atoms with Crippen LogP contribution in [0.5, 0.6) is 5.75 Å². The first-order valence-corrected chi connectivity index (χ1v) is 6.94. The number of aromatic nitrogens is 2. The number of fused-ring (bicyclic) bond motifs is 2. The topological polar surface area (TPSA) is 54.6 Å². The van der Waals surface area contributed by atoms with Gasteiger partial charge < -0.3 is 5.11 Å². The predicted molar refractivity (Wildman–Crippen MR) is 81.8 cm³/mol. The number of benzene rings is 2. The lowest BCUT2D eigenvalue weighted by Crippen LogP contribution is -2.07. The van der Waals surface area contributed by atoms with E-state index in [-0.39, 0.29) is 11.2 Å². The van der Waals surface area contributed by atoms with Gasteiger partial charge in [0.15, 0.2) is 0 Å². The fourth-order valence-corrected chi connectivity index (χ4v) is 3.29. The molecule has 5 heteroatoms. The van der Waals surface area contributed by atoms with E-state index in [9.17, 15) is 9.90 Å². The van der Waals surface area contributed by atoms with Gasteiger partial charge in [-0.3, -0.25) is 4.79 Å². The third-order valence-electron chi connectivity index (χ3n) is 3.68. The van der Waals surface area contributed by atoms with E-state index in [4.69, 9.17) is 0 Å². The summed E-state index contributed by atoms with van der Waals surface area (Å²) in [5, 5.41) is 16.3. The normalized spacial score (nSPS) is 11.9. The van der Waals surface area contributed by atoms with Gasteiger partial charge in [-0.15, -0.1) is 0 Å². The number of aromatic hydroxyl groups is 1. The zero-order chi connectivity index (χ0) is 14.0. The highest BCUT2D eigenvalue weighted by molar-refractivity contribution is 9.10. The van der Waals surface area contributed by atoms with Crippen LogP contribution in [0.25, 0.3) is 27.2 Å². The number of nitrogens with zero attached hydrogens (tertiary/aromatic N) is 2. The minimum absolute atomic E-state index is 0.0183. The van der Waals surface area contributed by atoms with Crippen molar-refractivity contribution in [3.8, 4) is 5.75 Å². The number of rotatable bonds is 0. The van der Waals surface area contributed by atoms with Crippen molar-refractivity contribution in [1.82, 2.24) is 9.61 Å². The van der Waals surface area contributed by atoms with Gasteiger partial charge in [-0.05, 0) is 47.1 Å². The zero-order valence-corrected chi connectivity index (χ0v) is 12.1. The Morgan fingerprint density at radius 3 is 2.80 bits per heavy atom. The van der Waals surface area contributed by atoms with Gasteiger partial charge in [0.05, 0.1) is 27.5 Å². The molecule has 4 rings (SSSR count). The molecule has 98 valence electrons. The van der Waals surface area contributed by atoms with Crippen molar-refractivity contribution in [3.63, 3.8) is 0 Å². The fraction of sp³-hybridized carbons (Fsp3) is 0.0667. The highest BCUT2D eigenvalue weighted by atomic mass is 79.9. The largest absolute Gasteiger partial charge is 0.507 e. The van der Waals surface area contributed by atoms with Crippen LogP contribution in [0.2, 0.25) is 0 Å². The Labute approximate surface area is 121 Å². The van der Waals surface area contributed by atoms with Crippen molar-refractivity contribution in [1.29, 1.82) is 0 Å². The van der Waals surface area contributed by atoms with Crippen molar-refractivity contribution in [2.75, 3.05) is 0 Å². The van der Waals surface area contributed by atoms with Crippen LogP contribution in [-0.2, 0) is 0 Å². The number of pyridine rings is 1. The lowest BCUT2D eigenvalue weighted by molar-refractivity contribution is 0.481. The number of phenolic OH excluding ortho intramolecular Hbond substituents is 1. The highest BCUT2D eigenvalue weighted by Gasteiger charge is 2.18. The molecule has 4 nitrogen and oxygen atoms in total. The van der Waals surface area contributed by atoms with E-state index < -0.39 is 0 Å². The first-order chi connectivity index (χ1) is 9.59. The Balaban J connectivity index is 2.53. The molecular formula is C15H9BrN2O2. The Morgan fingerprint density at radius 1 is 1.20 bits per heavy atom. The summed E-state index contributed by atoms with van der Waals surface area (Å²) in [6.07, 6.45) is 0. The molecule has 2 aromatic carbocycles. The Morgan fingerprint density at radius 2 is 2.00 bits per heavy atom. The number of halogens is 1. The Bertz CT molecular complexity index is 1050.